The molecule has 2 aromatic heterocycles. The number of pyridine rings is 1. The maximum atomic E-state index is 11.6. The molecule has 0 saturated carbocycles. The topological polar surface area (TPSA) is 85.3 Å². The molecule has 0 spiro atoms. The molecule has 0 unspecified atom stereocenters. The highest BCUT2D eigenvalue weighted by molar-refractivity contribution is 7.90. The van der Waals surface area contributed by atoms with E-state index in [2.05, 4.69) is 39.8 Å². The van der Waals surface area contributed by atoms with E-state index in [0.717, 1.165) is 43.1 Å². The number of hydrogen-bond donors (Lipinski definition) is 0. The van der Waals surface area contributed by atoms with Crippen LogP contribution in [0.5, 0.6) is 5.75 Å². The first-order valence-electron chi connectivity index (χ1n) is 11.2. The minimum atomic E-state index is -3.20. The van der Waals surface area contributed by atoms with E-state index in [1.165, 1.54) is 11.8 Å². The number of rotatable bonds is 7. The van der Waals surface area contributed by atoms with Crippen molar-refractivity contribution in [2.75, 3.05) is 24.2 Å². The average molecular weight is 467 g/mol. The lowest BCUT2D eigenvalue weighted by atomic mass is 9.90. The zero-order valence-electron chi connectivity index (χ0n) is 19.3. The number of benzene rings is 1. The Hall–Kier alpha value is -3.00. The molecule has 0 N–H and O–H groups in total. The molecular formula is C25H30N4O3S. The number of ether oxygens (including phenoxy) is 1. The first-order valence-corrected chi connectivity index (χ1v) is 13.1. The Labute approximate surface area is 195 Å². The largest absolute Gasteiger partial charge is 0.487 e. The van der Waals surface area contributed by atoms with Gasteiger partial charge in [0, 0.05) is 37.9 Å². The van der Waals surface area contributed by atoms with E-state index < -0.39 is 9.84 Å². The van der Waals surface area contributed by atoms with Crippen molar-refractivity contribution < 1.29 is 13.2 Å². The second kappa shape index (κ2) is 9.87. The summed E-state index contributed by atoms with van der Waals surface area (Å²) in [6, 6.07) is 10.6. The van der Waals surface area contributed by atoms with Crippen LogP contribution in [0, 0.1) is 0 Å². The van der Waals surface area contributed by atoms with Crippen LogP contribution in [0.3, 0.4) is 0 Å². The fourth-order valence-corrected chi connectivity index (χ4v) is 4.54. The van der Waals surface area contributed by atoms with E-state index in [1.807, 2.05) is 24.7 Å². The summed E-state index contributed by atoms with van der Waals surface area (Å²) in [5.74, 6) is 2.34. The summed E-state index contributed by atoms with van der Waals surface area (Å²) in [5.41, 5.74) is 3.24. The molecule has 3 aromatic rings. The lowest BCUT2D eigenvalue weighted by Crippen LogP contribution is -2.34. The Morgan fingerprint density at radius 2 is 1.64 bits per heavy atom. The highest BCUT2D eigenvalue weighted by Gasteiger charge is 2.22. The molecule has 0 bridgehead atoms. The van der Waals surface area contributed by atoms with Gasteiger partial charge < -0.3 is 9.64 Å². The van der Waals surface area contributed by atoms with Gasteiger partial charge in [-0.25, -0.2) is 18.4 Å². The van der Waals surface area contributed by atoms with Crippen molar-refractivity contribution in [2.24, 2.45) is 0 Å². The van der Waals surface area contributed by atoms with Gasteiger partial charge in [-0.05, 0) is 66.1 Å². The zero-order chi connectivity index (χ0) is 23.4. The fraction of sp³-hybridized carbons (Fsp3) is 0.400. The molecule has 7 nitrogen and oxygen atoms in total. The Bertz CT molecular complexity index is 1150. The molecule has 0 amide bonds. The van der Waals surface area contributed by atoms with E-state index in [0.29, 0.717) is 24.2 Å². The molecule has 1 fully saturated rings. The molecule has 0 radical (unpaired) electrons. The first-order chi connectivity index (χ1) is 15.8. The summed E-state index contributed by atoms with van der Waals surface area (Å²) in [6.07, 6.45) is 9.09. The minimum absolute atomic E-state index is 0.280. The summed E-state index contributed by atoms with van der Waals surface area (Å²) in [5, 5.41) is 0. The van der Waals surface area contributed by atoms with Gasteiger partial charge in [-0.2, -0.15) is 0 Å². The van der Waals surface area contributed by atoms with Crippen LogP contribution in [0.25, 0.3) is 0 Å². The third kappa shape index (κ3) is 5.87. The van der Waals surface area contributed by atoms with Crippen molar-refractivity contribution >= 4 is 15.8 Å². The predicted molar refractivity (Wildman–Crippen MR) is 128 cm³/mol. The Morgan fingerprint density at radius 1 is 0.970 bits per heavy atom. The van der Waals surface area contributed by atoms with Crippen molar-refractivity contribution in [3.8, 4) is 5.75 Å². The van der Waals surface area contributed by atoms with E-state index in [4.69, 9.17) is 4.74 Å². The molecule has 33 heavy (non-hydrogen) atoms. The average Bonchev–Trinajstić information content (AvgIpc) is 2.83. The van der Waals surface area contributed by atoms with Crippen molar-refractivity contribution in [3.63, 3.8) is 0 Å². The van der Waals surface area contributed by atoms with Crippen molar-refractivity contribution in [2.45, 2.75) is 50.0 Å². The van der Waals surface area contributed by atoms with E-state index >= 15 is 0 Å². The van der Waals surface area contributed by atoms with Crippen LogP contribution < -0.4 is 9.64 Å². The maximum absolute atomic E-state index is 11.6. The molecule has 1 saturated heterocycles. The number of anilines is 1. The van der Waals surface area contributed by atoms with E-state index in [9.17, 15) is 8.42 Å². The predicted octanol–water partition coefficient (Wildman–Crippen LogP) is 4.36. The third-order valence-electron chi connectivity index (χ3n) is 6.06. The first kappa shape index (κ1) is 23.2. The Morgan fingerprint density at radius 3 is 2.18 bits per heavy atom. The van der Waals surface area contributed by atoms with Gasteiger partial charge in [-0.3, -0.25) is 4.98 Å². The van der Waals surface area contributed by atoms with E-state index in [-0.39, 0.29) is 4.90 Å². The number of hydrogen-bond acceptors (Lipinski definition) is 7. The molecule has 174 valence electrons. The Kier molecular flexibility index (Phi) is 6.93. The molecule has 0 aliphatic carbocycles. The van der Waals surface area contributed by atoms with Gasteiger partial charge in [-0.1, -0.05) is 19.9 Å². The number of sulfone groups is 1. The van der Waals surface area contributed by atoms with Gasteiger partial charge in [0.05, 0.1) is 10.6 Å². The Balaban J connectivity index is 1.29. The molecule has 1 aliphatic rings. The molecule has 4 rings (SSSR count). The van der Waals surface area contributed by atoms with Crippen molar-refractivity contribution in [1.82, 2.24) is 15.0 Å². The number of piperidine rings is 1. The normalized spacial score (nSPS) is 15.1. The van der Waals surface area contributed by atoms with Crippen LogP contribution in [-0.4, -0.2) is 42.7 Å². The number of nitrogens with zero attached hydrogens (tertiary/aromatic N) is 4. The second-order valence-corrected chi connectivity index (χ2v) is 10.9. The van der Waals surface area contributed by atoms with Gasteiger partial charge in [-0.15, -0.1) is 0 Å². The van der Waals surface area contributed by atoms with Crippen LogP contribution >= 0.6 is 0 Å². The van der Waals surface area contributed by atoms with Crippen LogP contribution in [0.4, 0.5) is 5.95 Å². The summed E-state index contributed by atoms with van der Waals surface area (Å²) in [7, 11) is -3.20. The quantitative estimate of drug-likeness (QED) is 0.511. The van der Waals surface area contributed by atoms with Gasteiger partial charge in [0.15, 0.2) is 9.84 Å². The molecular weight excluding hydrogens is 436 g/mol. The lowest BCUT2D eigenvalue weighted by Gasteiger charge is -2.32. The standard InChI is InChI=1S/C25H30N4O3S/c1-18(2)21-15-27-25(28-16-21)29-12-10-19(11-13-29)20-4-5-22(26-14-20)17-32-23-6-8-24(9-7-23)33(3,30)31/h4-9,14-16,18-19H,10-13,17H2,1-3H3. The fourth-order valence-electron chi connectivity index (χ4n) is 3.91. The third-order valence-corrected chi connectivity index (χ3v) is 7.19. The van der Waals surface area contributed by atoms with Crippen LogP contribution in [0.2, 0.25) is 0 Å². The maximum Gasteiger partial charge on any atom is 0.225 e. The van der Waals surface area contributed by atoms with Crippen LogP contribution in [0.15, 0.2) is 59.9 Å². The summed E-state index contributed by atoms with van der Waals surface area (Å²) >= 11 is 0. The van der Waals surface area contributed by atoms with Gasteiger partial charge in [0.2, 0.25) is 5.95 Å². The summed E-state index contributed by atoms with van der Waals surface area (Å²) < 4.78 is 28.9. The minimum Gasteiger partial charge on any atom is -0.487 e. The number of aromatic nitrogens is 3. The molecule has 1 aromatic carbocycles. The van der Waals surface area contributed by atoms with Crippen molar-refractivity contribution in [3.05, 3.63) is 71.8 Å². The van der Waals surface area contributed by atoms with Gasteiger partial charge >= 0.3 is 0 Å². The zero-order valence-corrected chi connectivity index (χ0v) is 20.1. The van der Waals surface area contributed by atoms with Crippen molar-refractivity contribution in [1.29, 1.82) is 0 Å². The van der Waals surface area contributed by atoms with Crippen LogP contribution in [-0.2, 0) is 16.4 Å². The highest BCUT2D eigenvalue weighted by Crippen LogP contribution is 2.29. The van der Waals surface area contributed by atoms with Gasteiger partial charge in [0.1, 0.15) is 12.4 Å². The molecule has 1 aliphatic heterocycles. The monoisotopic (exact) mass is 466 g/mol. The molecule has 0 atom stereocenters. The molecule has 8 heteroatoms. The SMILES string of the molecule is CC(C)c1cnc(N2CCC(c3ccc(COc4ccc(S(C)(=O)=O)cc4)nc3)CC2)nc1. The highest BCUT2D eigenvalue weighted by atomic mass is 32.2. The van der Waals surface area contributed by atoms with E-state index in [1.54, 1.807) is 24.3 Å². The lowest BCUT2D eigenvalue weighted by molar-refractivity contribution is 0.301. The molecule has 3 heterocycles. The smallest absolute Gasteiger partial charge is 0.225 e. The van der Waals surface area contributed by atoms with Crippen LogP contribution in [0.1, 0.15) is 55.3 Å². The summed E-state index contributed by atoms with van der Waals surface area (Å²) in [4.78, 5) is 16.2. The summed E-state index contributed by atoms with van der Waals surface area (Å²) in [6.45, 7) is 6.49. The second-order valence-electron chi connectivity index (χ2n) is 8.85. The van der Waals surface area contributed by atoms with Gasteiger partial charge in [0.25, 0.3) is 0 Å².